The van der Waals surface area contributed by atoms with Crippen molar-refractivity contribution in [3.05, 3.63) is 33.9 Å². The molecule has 0 aliphatic heterocycles. The van der Waals surface area contributed by atoms with E-state index in [0.717, 1.165) is 0 Å². The Morgan fingerprint density at radius 2 is 1.89 bits per heavy atom. The van der Waals surface area contributed by atoms with Gasteiger partial charge in [0, 0.05) is 24.4 Å². The Balaban J connectivity index is 0.000000861. The highest BCUT2D eigenvalue weighted by molar-refractivity contribution is 5.84. The molecule has 0 radical (unpaired) electrons. The Labute approximate surface area is 110 Å². The summed E-state index contributed by atoms with van der Waals surface area (Å²) in [5.41, 5.74) is 0.191. The van der Waals surface area contributed by atoms with Crippen molar-refractivity contribution in [2.75, 3.05) is 0 Å². The number of phenolic OH excluding ortho intramolecular Hbond substituents is 2. The molecule has 0 spiro atoms. The summed E-state index contributed by atoms with van der Waals surface area (Å²) < 4.78 is 15.4. The molecule has 1 aromatic carbocycles. The normalized spacial score (nSPS) is 10.2. The first-order valence-electron chi connectivity index (χ1n) is 6.21. The number of halogens is 1. The lowest BCUT2D eigenvalue weighted by atomic mass is 10.1. The molecule has 2 aromatic rings. The van der Waals surface area contributed by atoms with Crippen LogP contribution < -0.4 is 5.43 Å². The summed E-state index contributed by atoms with van der Waals surface area (Å²) in [7, 11) is 0. The number of pyridine rings is 1. The van der Waals surface area contributed by atoms with Crippen LogP contribution in [0.15, 0.2) is 17.1 Å². The second-order valence-electron chi connectivity index (χ2n) is 3.88. The summed E-state index contributed by atoms with van der Waals surface area (Å²) in [6, 6.07) is 1.19. The van der Waals surface area contributed by atoms with Gasteiger partial charge < -0.3 is 14.8 Å². The lowest BCUT2D eigenvalue weighted by Crippen LogP contribution is -2.13. The third-order valence-electron chi connectivity index (χ3n) is 2.78. The molecule has 104 valence electrons. The Morgan fingerprint density at radius 3 is 2.42 bits per heavy atom. The zero-order valence-corrected chi connectivity index (χ0v) is 11.5. The highest BCUT2D eigenvalue weighted by atomic mass is 19.1. The van der Waals surface area contributed by atoms with Crippen LogP contribution in [-0.4, -0.2) is 14.8 Å². The van der Waals surface area contributed by atoms with Crippen LogP contribution >= 0.6 is 0 Å². The summed E-state index contributed by atoms with van der Waals surface area (Å²) >= 11 is 0. The van der Waals surface area contributed by atoms with Crippen LogP contribution in [0.5, 0.6) is 11.5 Å². The summed E-state index contributed by atoms with van der Waals surface area (Å²) in [4.78, 5) is 11.8. The maximum atomic E-state index is 13.8. The number of hydrogen-bond acceptors (Lipinski definition) is 3. The molecule has 0 saturated carbocycles. The number of aromatic hydroxyl groups is 2. The highest BCUT2D eigenvalue weighted by Crippen LogP contribution is 2.32. The van der Waals surface area contributed by atoms with Crippen LogP contribution in [-0.2, 0) is 6.54 Å². The predicted octanol–water partition coefficient (Wildman–Crippen LogP) is 2.91. The second-order valence-corrected chi connectivity index (χ2v) is 3.88. The molecular formula is C14H18FNO3. The van der Waals surface area contributed by atoms with Crippen molar-refractivity contribution in [3.8, 4) is 11.5 Å². The summed E-state index contributed by atoms with van der Waals surface area (Å²) in [5, 5.41) is 18.5. The quantitative estimate of drug-likeness (QED) is 0.781. The minimum Gasteiger partial charge on any atom is -0.504 e. The van der Waals surface area contributed by atoms with Crippen LogP contribution in [0.3, 0.4) is 0 Å². The number of benzene rings is 1. The van der Waals surface area contributed by atoms with Gasteiger partial charge in [-0.2, -0.15) is 0 Å². The van der Waals surface area contributed by atoms with Crippen LogP contribution in [0, 0.1) is 12.7 Å². The van der Waals surface area contributed by atoms with Crippen LogP contribution in [0.1, 0.15) is 26.3 Å². The van der Waals surface area contributed by atoms with E-state index in [9.17, 15) is 19.4 Å². The molecule has 0 unspecified atom stereocenters. The van der Waals surface area contributed by atoms with E-state index in [4.69, 9.17) is 0 Å². The van der Waals surface area contributed by atoms with Crippen LogP contribution in [0.4, 0.5) is 4.39 Å². The molecule has 5 heteroatoms. The molecule has 2 rings (SSSR count). The van der Waals surface area contributed by atoms with Crippen molar-refractivity contribution in [3.63, 3.8) is 0 Å². The Bertz CT molecular complexity index is 662. The maximum Gasteiger partial charge on any atom is 0.195 e. The average molecular weight is 267 g/mol. The number of hydrogen-bond donors (Lipinski definition) is 2. The van der Waals surface area contributed by atoms with Crippen LogP contribution in [0.25, 0.3) is 10.9 Å². The monoisotopic (exact) mass is 267 g/mol. The minimum atomic E-state index is -1.07. The summed E-state index contributed by atoms with van der Waals surface area (Å²) in [6.45, 7) is 7.95. The van der Waals surface area contributed by atoms with E-state index in [2.05, 4.69) is 0 Å². The molecule has 1 heterocycles. The fraction of sp³-hybridized carbons (Fsp3) is 0.357. The number of rotatable bonds is 1. The van der Waals surface area contributed by atoms with Crippen molar-refractivity contribution in [1.82, 2.24) is 4.57 Å². The molecule has 4 nitrogen and oxygen atoms in total. The van der Waals surface area contributed by atoms with Gasteiger partial charge in [0.25, 0.3) is 0 Å². The molecular weight excluding hydrogens is 249 g/mol. The zero-order chi connectivity index (χ0) is 14.7. The summed E-state index contributed by atoms with van der Waals surface area (Å²) in [6.07, 6.45) is 1.60. The van der Waals surface area contributed by atoms with E-state index in [0.29, 0.717) is 12.1 Å². The fourth-order valence-electron chi connectivity index (χ4n) is 1.88. The number of aromatic nitrogens is 1. The Hall–Kier alpha value is -2.04. The van der Waals surface area contributed by atoms with Crippen molar-refractivity contribution < 1.29 is 14.6 Å². The molecule has 0 aliphatic rings. The molecule has 1 aromatic heterocycles. The molecule has 0 fully saturated rings. The number of fused-ring (bicyclic) bond motifs is 1. The molecule has 0 aliphatic carbocycles. The van der Waals surface area contributed by atoms with E-state index >= 15 is 0 Å². The van der Waals surface area contributed by atoms with Crippen molar-refractivity contribution in [1.29, 1.82) is 0 Å². The van der Waals surface area contributed by atoms with Gasteiger partial charge in [-0.15, -0.1) is 0 Å². The number of nitrogens with zero attached hydrogens (tertiary/aromatic N) is 1. The lowest BCUT2D eigenvalue weighted by molar-refractivity contribution is 0.381. The predicted molar refractivity (Wildman–Crippen MR) is 73.3 cm³/mol. The molecule has 2 N–H and O–H groups in total. The first-order chi connectivity index (χ1) is 8.97. The van der Waals surface area contributed by atoms with Crippen molar-refractivity contribution in [2.24, 2.45) is 0 Å². The third kappa shape index (κ3) is 2.41. The van der Waals surface area contributed by atoms with Gasteiger partial charge in [-0.05, 0) is 13.8 Å². The Morgan fingerprint density at radius 1 is 1.32 bits per heavy atom. The van der Waals surface area contributed by atoms with Crippen molar-refractivity contribution in [2.45, 2.75) is 34.2 Å². The Kier molecular flexibility index (Phi) is 4.53. The second kappa shape index (κ2) is 5.73. The van der Waals surface area contributed by atoms with Crippen LogP contribution in [0.2, 0.25) is 0 Å². The minimum absolute atomic E-state index is 0.192. The van der Waals surface area contributed by atoms with Gasteiger partial charge in [0.2, 0.25) is 0 Å². The lowest BCUT2D eigenvalue weighted by Gasteiger charge is -2.11. The van der Waals surface area contributed by atoms with E-state index in [1.165, 1.54) is 6.07 Å². The SMILES string of the molecule is CC.CCn1cc(C)c(=O)c2c(F)c(O)c(O)cc21. The van der Waals surface area contributed by atoms with Gasteiger partial charge in [-0.25, -0.2) is 4.39 Å². The smallest absolute Gasteiger partial charge is 0.195 e. The molecule has 0 bridgehead atoms. The first-order valence-corrected chi connectivity index (χ1v) is 6.21. The standard InChI is InChI=1S/C12H12FNO3.C2H6/c1-3-14-5-6(2)11(16)9-7(14)4-8(15)12(17)10(9)13;1-2/h4-5,15,17H,3H2,1-2H3;1-2H3. The molecule has 19 heavy (non-hydrogen) atoms. The highest BCUT2D eigenvalue weighted by Gasteiger charge is 2.17. The van der Waals surface area contributed by atoms with Gasteiger partial charge in [0.05, 0.1) is 10.9 Å². The van der Waals surface area contributed by atoms with E-state index in [1.54, 1.807) is 17.7 Å². The number of phenols is 2. The fourth-order valence-corrected chi connectivity index (χ4v) is 1.88. The average Bonchev–Trinajstić information content (AvgIpc) is 2.42. The van der Waals surface area contributed by atoms with E-state index in [1.807, 2.05) is 20.8 Å². The topological polar surface area (TPSA) is 62.5 Å². The van der Waals surface area contributed by atoms with Gasteiger partial charge in [-0.1, -0.05) is 13.8 Å². The first kappa shape index (κ1) is 15.0. The summed E-state index contributed by atoms with van der Waals surface area (Å²) in [5.74, 6) is -2.53. The van der Waals surface area contributed by atoms with Gasteiger partial charge in [0.15, 0.2) is 22.7 Å². The zero-order valence-electron chi connectivity index (χ0n) is 11.5. The van der Waals surface area contributed by atoms with Crippen molar-refractivity contribution >= 4 is 10.9 Å². The van der Waals surface area contributed by atoms with Gasteiger partial charge in [-0.3, -0.25) is 4.79 Å². The molecule has 0 atom stereocenters. The third-order valence-corrected chi connectivity index (χ3v) is 2.78. The van der Waals surface area contributed by atoms with Gasteiger partial charge >= 0.3 is 0 Å². The number of aryl methyl sites for hydroxylation is 2. The van der Waals surface area contributed by atoms with Gasteiger partial charge in [0.1, 0.15) is 0 Å². The van der Waals surface area contributed by atoms with E-state index in [-0.39, 0.29) is 10.9 Å². The largest absolute Gasteiger partial charge is 0.504 e. The van der Waals surface area contributed by atoms with E-state index < -0.39 is 22.7 Å². The maximum absolute atomic E-state index is 13.8. The molecule has 0 amide bonds. The molecule has 0 saturated heterocycles.